The average Bonchev–Trinajstić information content (AvgIpc) is 3.19. The fourth-order valence-corrected chi connectivity index (χ4v) is 5.77. The van der Waals surface area contributed by atoms with Crippen LogP contribution in [0, 0.1) is 5.92 Å². The highest BCUT2D eigenvalue weighted by Gasteiger charge is 2.24. The maximum atomic E-state index is 12.6. The Kier molecular flexibility index (Phi) is 7.52. The van der Waals surface area contributed by atoms with Gasteiger partial charge >= 0.3 is 0 Å². The van der Waals surface area contributed by atoms with E-state index in [9.17, 15) is 9.00 Å². The van der Waals surface area contributed by atoms with E-state index < -0.39 is 19.2 Å². The quantitative estimate of drug-likeness (QED) is 0.322. The number of rotatable bonds is 9. The van der Waals surface area contributed by atoms with Gasteiger partial charge in [0.05, 0.1) is 17.5 Å². The van der Waals surface area contributed by atoms with Crippen LogP contribution in [0.4, 0.5) is 0 Å². The van der Waals surface area contributed by atoms with Crippen molar-refractivity contribution in [3.63, 3.8) is 0 Å². The standard InChI is InChI=1S/C24H35N3O4SSi/c1-32(29)31-16-18-5-7-19(8-6-18)27-12-10-22(28)21-15-25-24-20(23(21)27)9-11-26(24)17-30-13-14-33(2,3)4/h9-12,15,18-19H,5-8,13-14,16-17H2,1-4H3. The highest BCUT2D eigenvalue weighted by molar-refractivity contribution is 7.79. The summed E-state index contributed by atoms with van der Waals surface area (Å²) in [4.78, 5) is 17.3. The predicted molar refractivity (Wildman–Crippen MR) is 137 cm³/mol. The largest absolute Gasteiger partial charge is 0.361 e. The van der Waals surface area contributed by atoms with Gasteiger partial charge in [0.2, 0.25) is 0 Å². The number of hydrogen-bond donors (Lipinski definition) is 0. The summed E-state index contributed by atoms with van der Waals surface area (Å²) in [7, 11) is -1.13. The molecule has 0 bridgehead atoms. The van der Waals surface area contributed by atoms with Crippen LogP contribution in [0.15, 0.2) is 35.5 Å². The van der Waals surface area contributed by atoms with Gasteiger partial charge in [-0.25, -0.2) is 9.19 Å². The SMILES string of the molecule is CS(=O)OCC1CCC(n2ccc(=O)c3cnc4c(ccn4COCC[Si](C)(C)C)c32)CC1. The Morgan fingerprint density at radius 1 is 1.12 bits per heavy atom. The van der Waals surface area contributed by atoms with Crippen molar-refractivity contribution in [3.05, 3.63) is 40.9 Å². The van der Waals surface area contributed by atoms with Crippen molar-refractivity contribution in [1.29, 1.82) is 0 Å². The number of aromatic nitrogens is 3. The first-order chi connectivity index (χ1) is 15.7. The lowest BCUT2D eigenvalue weighted by Crippen LogP contribution is -2.23. The molecule has 0 aliphatic heterocycles. The second-order valence-electron chi connectivity index (χ2n) is 10.3. The fourth-order valence-electron chi connectivity index (χ4n) is 4.63. The molecule has 1 unspecified atom stereocenters. The van der Waals surface area contributed by atoms with Gasteiger partial charge in [0.1, 0.15) is 12.4 Å². The molecule has 3 aromatic rings. The van der Waals surface area contributed by atoms with Crippen LogP contribution in [-0.4, -0.2) is 45.9 Å². The summed E-state index contributed by atoms with van der Waals surface area (Å²) in [5, 5.41) is 1.65. The second kappa shape index (κ2) is 10.2. The molecular formula is C24H35N3O4SSi. The first-order valence-electron chi connectivity index (χ1n) is 11.8. The van der Waals surface area contributed by atoms with Crippen molar-refractivity contribution in [1.82, 2.24) is 14.1 Å². The summed E-state index contributed by atoms with van der Waals surface area (Å²) in [6.07, 6.45) is 11.3. The van der Waals surface area contributed by atoms with Crippen LogP contribution in [0.1, 0.15) is 31.7 Å². The first-order valence-corrected chi connectivity index (χ1v) is 16.9. The van der Waals surface area contributed by atoms with Gasteiger partial charge in [-0.2, -0.15) is 0 Å². The monoisotopic (exact) mass is 489 g/mol. The van der Waals surface area contributed by atoms with E-state index in [2.05, 4.69) is 35.3 Å². The maximum absolute atomic E-state index is 12.6. The normalized spacial score (nSPS) is 20.5. The third-order valence-electron chi connectivity index (χ3n) is 6.58. The van der Waals surface area contributed by atoms with E-state index in [1.807, 2.05) is 17.0 Å². The van der Waals surface area contributed by atoms with Gasteiger partial charge in [-0.3, -0.25) is 8.98 Å². The van der Waals surface area contributed by atoms with Gasteiger partial charge in [0.25, 0.3) is 0 Å². The molecule has 3 aromatic heterocycles. The molecule has 7 nitrogen and oxygen atoms in total. The Bertz CT molecular complexity index is 1190. The van der Waals surface area contributed by atoms with E-state index in [1.165, 1.54) is 0 Å². The minimum absolute atomic E-state index is 0.00213. The van der Waals surface area contributed by atoms with Crippen molar-refractivity contribution in [2.75, 3.05) is 19.5 Å². The molecule has 0 amide bonds. The summed E-state index contributed by atoms with van der Waals surface area (Å²) >= 11 is -1.21. The molecule has 0 saturated heterocycles. The first kappa shape index (κ1) is 24.3. The lowest BCUT2D eigenvalue weighted by molar-refractivity contribution is 0.0899. The lowest BCUT2D eigenvalue weighted by Gasteiger charge is -2.31. The predicted octanol–water partition coefficient (Wildman–Crippen LogP) is 4.70. The molecule has 1 aliphatic rings. The molecule has 0 radical (unpaired) electrons. The molecule has 1 aliphatic carbocycles. The van der Waals surface area contributed by atoms with Gasteiger partial charge in [-0.15, -0.1) is 0 Å². The van der Waals surface area contributed by atoms with Crippen LogP contribution < -0.4 is 5.43 Å². The summed E-state index contributed by atoms with van der Waals surface area (Å²) in [5.41, 5.74) is 1.81. The number of hydrogen-bond acceptors (Lipinski definition) is 5. The molecule has 1 fully saturated rings. The molecule has 1 atom stereocenters. The Balaban J connectivity index is 1.58. The van der Waals surface area contributed by atoms with Crippen molar-refractivity contribution >= 4 is 41.1 Å². The fraction of sp³-hybridized carbons (Fsp3) is 0.583. The van der Waals surface area contributed by atoms with Gasteiger partial charge in [0, 0.05) is 57.0 Å². The Morgan fingerprint density at radius 2 is 1.88 bits per heavy atom. The Hall–Kier alpha value is -1.81. The van der Waals surface area contributed by atoms with Crippen LogP contribution >= 0.6 is 0 Å². The second-order valence-corrected chi connectivity index (χ2v) is 17.0. The summed E-state index contributed by atoms with van der Waals surface area (Å²) in [5.74, 6) is 0.437. The topological polar surface area (TPSA) is 75.4 Å². The van der Waals surface area contributed by atoms with Gasteiger partial charge in [-0.1, -0.05) is 19.6 Å². The number of nitrogens with zero attached hydrogens (tertiary/aromatic N) is 3. The van der Waals surface area contributed by atoms with Crippen molar-refractivity contribution < 1.29 is 13.1 Å². The smallest absolute Gasteiger partial charge is 0.190 e. The maximum Gasteiger partial charge on any atom is 0.190 e. The zero-order valence-corrected chi connectivity index (χ0v) is 21.9. The zero-order chi connectivity index (χ0) is 23.6. The number of ether oxygens (including phenoxy) is 1. The molecule has 1 saturated carbocycles. The third-order valence-corrected chi connectivity index (χ3v) is 8.75. The van der Waals surface area contributed by atoms with Crippen molar-refractivity contribution in [3.8, 4) is 0 Å². The number of fused-ring (bicyclic) bond motifs is 3. The molecule has 3 heterocycles. The number of pyridine rings is 2. The zero-order valence-electron chi connectivity index (χ0n) is 20.1. The minimum atomic E-state index is -1.21. The average molecular weight is 490 g/mol. The van der Waals surface area contributed by atoms with Crippen LogP contribution in [-0.2, 0) is 26.7 Å². The Morgan fingerprint density at radius 3 is 2.58 bits per heavy atom. The van der Waals surface area contributed by atoms with Crippen LogP contribution in [0.25, 0.3) is 21.9 Å². The highest BCUT2D eigenvalue weighted by atomic mass is 32.2. The third kappa shape index (κ3) is 5.82. The molecule has 0 spiro atoms. The minimum Gasteiger partial charge on any atom is -0.361 e. The van der Waals surface area contributed by atoms with Gasteiger partial charge in [0.15, 0.2) is 16.5 Å². The van der Waals surface area contributed by atoms with E-state index in [4.69, 9.17) is 8.92 Å². The Labute approximate surface area is 198 Å². The van der Waals surface area contributed by atoms with Crippen LogP contribution in [0.5, 0.6) is 0 Å². The molecule has 33 heavy (non-hydrogen) atoms. The highest BCUT2D eigenvalue weighted by Crippen LogP contribution is 2.35. The lowest BCUT2D eigenvalue weighted by atomic mass is 9.86. The molecule has 0 aromatic carbocycles. The molecule has 180 valence electrons. The van der Waals surface area contributed by atoms with Crippen molar-refractivity contribution in [2.45, 2.75) is 64.1 Å². The van der Waals surface area contributed by atoms with E-state index in [-0.39, 0.29) is 5.43 Å². The van der Waals surface area contributed by atoms with E-state index in [0.717, 1.165) is 54.9 Å². The molecule has 9 heteroatoms. The summed E-state index contributed by atoms with van der Waals surface area (Å²) < 4.78 is 26.8. The van der Waals surface area contributed by atoms with E-state index in [1.54, 1.807) is 18.5 Å². The molecule has 4 rings (SSSR count). The summed E-state index contributed by atoms with van der Waals surface area (Å²) in [6, 6.07) is 5.16. The van der Waals surface area contributed by atoms with Crippen molar-refractivity contribution in [2.24, 2.45) is 5.92 Å². The van der Waals surface area contributed by atoms with Crippen LogP contribution in [0.2, 0.25) is 25.7 Å². The van der Waals surface area contributed by atoms with E-state index in [0.29, 0.717) is 30.7 Å². The van der Waals surface area contributed by atoms with Gasteiger partial charge in [-0.05, 0) is 43.7 Å². The van der Waals surface area contributed by atoms with Crippen LogP contribution in [0.3, 0.4) is 0 Å². The van der Waals surface area contributed by atoms with E-state index >= 15 is 0 Å². The van der Waals surface area contributed by atoms with Gasteiger partial charge < -0.3 is 13.9 Å². The summed E-state index contributed by atoms with van der Waals surface area (Å²) in [6.45, 7) is 8.81. The molecular weight excluding hydrogens is 454 g/mol. The molecule has 0 N–H and O–H groups in total.